The van der Waals surface area contributed by atoms with Gasteiger partial charge in [-0.15, -0.1) is 0 Å². The Morgan fingerprint density at radius 1 is 1.55 bits per heavy atom. The van der Waals surface area contributed by atoms with E-state index in [1.165, 1.54) is 0 Å². The van der Waals surface area contributed by atoms with Gasteiger partial charge in [0.2, 0.25) is 5.91 Å². The highest BCUT2D eigenvalue weighted by Gasteiger charge is 2.02. The second-order valence-corrected chi connectivity index (χ2v) is 2.43. The fourth-order valence-electron chi connectivity index (χ4n) is 0.470. The van der Waals surface area contributed by atoms with E-state index in [2.05, 4.69) is 17.2 Å². The quantitative estimate of drug-likeness (QED) is 0.537. The lowest BCUT2D eigenvalue weighted by molar-refractivity contribution is -0.123. The van der Waals surface area contributed by atoms with Gasteiger partial charge >= 0.3 is 0 Å². The molecule has 0 aromatic rings. The summed E-state index contributed by atoms with van der Waals surface area (Å²) in [5.41, 5.74) is 5.12. The highest BCUT2D eigenvalue weighted by Crippen LogP contribution is 1.88. The molecule has 0 aliphatic rings. The largest absolute Gasteiger partial charge is 0.345 e. The third kappa shape index (κ3) is 5.43. The number of rotatable bonds is 2. The Balaban J connectivity index is 3.47. The number of nitrogens with two attached hydrogens (primary N) is 1. The Morgan fingerprint density at radius 3 is 2.64 bits per heavy atom. The van der Waals surface area contributed by atoms with Crippen LogP contribution in [-0.2, 0) is 4.79 Å². The predicted molar refractivity (Wildman–Crippen MR) is 44.7 cm³/mol. The van der Waals surface area contributed by atoms with Crippen LogP contribution >= 0.6 is 0 Å². The summed E-state index contributed by atoms with van der Waals surface area (Å²) in [6, 6.07) is 0. The molecule has 0 aliphatic heterocycles. The predicted octanol–water partition coefficient (Wildman–Crippen LogP) is -0.279. The molecule has 0 bridgehead atoms. The van der Waals surface area contributed by atoms with Crippen molar-refractivity contribution in [3.63, 3.8) is 0 Å². The lowest BCUT2D eigenvalue weighted by Gasteiger charge is -2.02. The molecule has 0 rings (SSSR count). The van der Waals surface area contributed by atoms with Crippen LogP contribution in [0.1, 0.15) is 13.8 Å². The van der Waals surface area contributed by atoms with Gasteiger partial charge < -0.3 is 11.1 Å². The molecule has 0 aromatic heterocycles. The van der Waals surface area contributed by atoms with Crippen LogP contribution in [0.15, 0.2) is 0 Å². The zero-order valence-electron chi connectivity index (χ0n) is 6.98. The van der Waals surface area contributed by atoms with Crippen molar-refractivity contribution in [1.82, 2.24) is 5.32 Å². The maximum absolute atomic E-state index is 10.9. The second-order valence-electron chi connectivity index (χ2n) is 2.43. The van der Waals surface area contributed by atoms with E-state index >= 15 is 0 Å². The molecule has 0 heterocycles. The van der Waals surface area contributed by atoms with E-state index in [0.29, 0.717) is 13.1 Å². The van der Waals surface area contributed by atoms with Crippen LogP contribution in [0.5, 0.6) is 0 Å². The van der Waals surface area contributed by atoms with Crippen LogP contribution in [0.2, 0.25) is 0 Å². The Kier molecular flexibility index (Phi) is 5.22. The summed E-state index contributed by atoms with van der Waals surface area (Å²) in [6.45, 7) is 4.42. The van der Waals surface area contributed by atoms with Gasteiger partial charge in [-0.2, -0.15) is 0 Å². The van der Waals surface area contributed by atoms with Crippen molar-refractivity contribution >= 4 is 5.91 Å². The van der Waals surface area contributed by atoms with Crippen LogP contribution in [0.3, 0.4) is 0 Å². The van der Waals surface area contributed by atoms with Crippen LogP contribution < -0.4 is 11.1 Å². The van der Waals surface area contributed by atoms with Crippen LogP contribution in [-0.4, -0.2) is 19.0 Å². The minimum atomic E-state index is 0.0228. The topological polar surface area (TPSA) is 55.1 Å². The molecule has 3 N–H and O–H groups in total. The highest BCUT2D eigenvalue weighted by molar-refractivity contribution is 5.78. The van der Waals surface area contributed by atoms with E-state index in [0.717, 1.165) is 0 Å². The standard InChI is InChI=1S/C8H14N2O/c1-7(2)8(11)10-6-4-3-5-9/h7H,5-6,9H2,1-2H3,(H,10,11). The van der Waals surface area contributed by atoms with E-state index in [1.54, 1.807) is 0 Å². The average Bonchev–Trinajstić information content (AvgIpc) is 1.97. The minimum Gasteiger partial charge on any atom is -0.345 e. The summed E-state index contributed by atoms with van der Waals surface area (Å²) < 4.78 is 0. The number of carbonyl (C=O) groups is 1. The molecule has 3 heteroatoms. The molecule has 0 fully saturated rings. The maximum atomic E-state index is 10.9. The molecule has 0 spiro atoms. The van der Waals surface area contributed by atoms with Crippen molar-refractivity contribution in [3.8, 4) is 11.8 Å². The minimum absolute atomic E-state index is 0.0228. The molecule has 0 atom stereocenters. The maximum Gasteiger partial charge on any atom is 0.223 e. The first-order valence-corrected chi connectivity index (χ1v) is 3.62. The van der Waals surface area contributed by atoms with Crippen molar-refractivity contribution in [1.29, 1.82) is 0 Å². The van der Waals surface area contributed by atoms with Gasteiger partial charge in [0.1, 0.15) is 0 Å². The molecule has 0 aromatic carbocycles. The van der Waals surface area contributed by atoms with Crippen molar-refractivity contribution in [2.75, 3.05) is 13.1 Å². The monoisotopic (exact) mass is 154 g/mol. The molecule has 0 saturated heterocycles. The molecule has 3 nitrogen and oxygen atoms in total. The Labute approximate surface area is 67.3 Å². The first-order chi connectivity index (χ1) is 5.18. The molecular weight excluding hydrogens is 140 g/mol. The molecule has 0 aliphatic carbocycles. The normalized spacial score (nSPS) is 8.73. The lowest BCUT2D eigenvalue weighted by Crippen LogP contribution is -2.27. The van der Waals surface area contributed by atoms with Crippen LogP contribution in [0.4, 0.5) is 0 Å². The summed E-state index contributed by atoms with van der Waals surface area (Å²) in [5, 5.41) is 2.65. The van der Waals surface area contributed by atoms with Crippen LogP contribution in [0, 0.1) is 17.8 Å². The third-order valence-corrected chi connectivity index (χ3v) is 1.10. The summed E-state index contributed by atoms with van der Waals surface area (Å²) >= 11 is 0. The highest BCUT2D eigenvalue weighted by atomic mass is 16.1. The smallest absolute Gasteiger partial charge is 0.223 e. The summed E-state index contributed by atoms with van der Waals surface area (Å²) in [7, 11) is 0. The second kappa shape index (κ2) is 5.75. The van der Waals surface area contributed by atoms with Gasteiger partial charge in [0, 0.05) is 5.92 Å². The zero-order chi connectivity index (χ0) is 8.69. The Hall–Kier alpha value is -1.01. The number of amides is 1. The Bertz CT molecular complexity index is 176. The van der Waals surface area contributed by atoms with Gasteiger partial charge in [-0.05, 0) is 0 Å². The van der Waals surface area contributed by atoms with Gasteiger partial charge in [-0.3, -0.25) is 4.79 Å². The van der Waals surface area contributed by atoms with Crippen molar-refractivity contribution in [2.45, 2.75) is 13.8 Å². The summed E-state index contributed by atoms with van der Waals surface area (Å²) in [5.74, 6) is 5.42. The molecule has 11 heavy (non-hydrogen) atoms. The molecule has 0 unspecified atom stereocenters. The SMILES string of the molecule is CC(C)C(=O)NCC#CCN. The molecule has 62 valence electrons. The zero-order valence-corrected chi connectivity index (χ0v) is 6.98. The van der Waals surface area contributed by atoms with Gasteiger partial charge in [0.15, 0.2) is 0 Å². The average molecular weight is 154 g/mol. The Morgan fingerprint density at radius 2 is 2.18 bits per heavy atom. The van der Waals surface area contributed by atoms with E-state index in [4.69, 9.17) is 5.73 Å². The van der Waals surface area contributed by atoms with Crippen molar-refractivity contribution in [2.24, 2.45) is 11.7 Å². The number of hydrogen-bond acceptors (Lipinski definition) is 2. The van der Waals surface area contributed by atoms with E-state index in [9.17, 15) is 4.79 Å². The van der Waals surface area contributed by atoms with Gasteiger partial charge in [0.25, 0.3) is 0 Å². The van der Waals surface area contributed by atoms with E-state index in [-0.39, 0.29) is 11.8 Å². The first-order valence-electron chi connectivity index (χ1n) is 3.62. The number of carbonyl (C=O) groups excluding carboxylic acids is 1. The summed E-state index contributed by atoms with van der Waals surface area (Å²) in [4.78, 5) is 10.9. The van der Waals surface area contributed by atoms with Gasteiger partial charge in [0.05, 0.1) is 13.1 Å². The van der Waals surface area contributed by atoms with Crippen molar-refractivity contribution < 1.29 is 4.79 Å². The molecular formula is C8H14N2O. The summed E-state index contributed by atoms with van der Waals surface area (Å²) in [6.07, 6.45) is 0. The van der Waals surface area contributed by atoms with E-state index in [1.807, 2.05) is 13.8 Å². The van der Waals surface area contributed by atoms with Crippen LogP contribution in [0.25, 0.3) is 0 Å². The third-order valence-electron chi connectivity index (χ3n) is 1.10. The number of nitrogens with one attached hydrogen (secondary N) is 1. The molecule has 1 amide bonds. The fourth-order valence-corrected chi connectivity index (χ4v) is 0.470. The molecule has 0 radical (unpaired) electrons. The number of hydrogen-bond donors (Lipinski definition) is 2. The first kappa shape index (κ1) is 9.99. The van der Waals surface area contributed by atoms with Gasteiger partial charge in [-0.1, -0.05) is 25.7 Å². The lowest BCUT2D eigenvalue weighted by atomic mass is 10.2. The van der Waals surface area contributed by atoms with Crippen molar-refractivity contribution in [3.05, 3.63) is 0 Å². The van der Waals surface area contributed by atoms with Gasteiger partial charge in [-0.25, -0.2) is 0 Å². The van der Waals surface area contributed by atoms with E-state index < -0.39 is 0 Å². The molecule has 0 saturated carbocycles. The fraction of sp³-hybridized carbons (Fsp3) is 0.625.